The van der Waals surface area contributed by atoms with E-state index in [1.807, 2.05) is 24.3 Å². The SMILES string of the molecule is CC(C)=CCCC(C)=CCCC(C)=CCOCc1ccc2c(c1)OCC=CO2. The normalized spacial score (nSPS) is 14.0. The first-order valence-corrected chi connectivity index (χ1v) is 10.1. The van der Waals surface area contributed by atoms with Crippen molar-refractivity contribution in [1.29, 1.82) is 0 Å². The van der Waals surface area contributed by atoms with E-state index in [1.54, 1.807) is 6.26 Å². The van der Waals surface area contributed by atoms with Crippen LogP contribution in [-0.2, 0) is 11.3 Å². The van der Waals surface area contributed by atoms with Crippen LogP contribution >= 0.6 is 0 Å². The molecule has 0 unspecified atom stereocenters. The molecule has 0 aromatic heterocycles. The molecule has 1 aromatic carbocycles. The van der Waals surface area contributed by atoms with Crippen LogP contribution in [0.3, 0.4) is 0 Å². The summed E-state index contributed by atoms with van der Waals surface area (Å²) in [6, 6.07) is 5.93. The van der Waals surface area contributed by atoms with Crippen molar-refractivity contribution in [1.82, 2.24) is 0 Å². The summed E-state index contributed by atoms with van der Waals surface area (Å²) in [5, 5.41) is 0. The van der Waals surface area contributed by atoms with E-state index in [2.05, 4.69) is 45.9 Å². The van der Waals surface area contributed by atoms with E-state index in [0.717, 1.165) is 42.7 Å². The van der Waals surface area contributed by atoms with Gasteiger partial charge < -0.3 is 14.2 Å². The van der Waals surface area contributed by atoms with Gasteiger partial charge in [0.25, 0.3) is 0 Å². The van der Waals surface area contributed by atoms with Gasteiger partial charge in [0.05, 0.1) is 19.5 Å². The third-order valence-corrected chi connectivity index (χ3v) is 4.58. The molecule has 0 saturated carbocycles. The quantitative estimate of drug-likeness (QED) is 0.325. The Kier molecular flexibility index (Phi) is 9.64. The van der Waals surface area contributed by atoms with Gasteiger partial charge in [0, 0.05) is 0 Å². The smallest absolute Gasteiger partial charge is 0.168 e. The molecule has 152 valence electrons. The monoisotopic (exact) mass is 382 g/mol. The van der Waals surface area contributed by atoms with Crippen LogP contribution in [0.4, 0.5) is 0 Å². The lowest BCUT2D eigenvalue weighted by molar-refractivity contribution is 0.148. The van der Waals surface area contributed by atoms with Gasteiger partial charge in [0.15, 0.2) is 11.5 Å². The molecule has 1 aliphatic heterocycles. The summed E-state index contributed by atoms with van der Waals surface area (Å²) in [7, 11) is 0. The third kappa shape index (κ3) is 8.62. The van der Waals surface area contributed by atoms with Crippen LogP contribution in [0.2, 0.25) is 0 Å². The van der Waals surface area contributed by atoms with Crippen LogP contribution in [0.5, 0.6) is 11.5 Å². The molecule has 0 spiro atoms. The average molecular weight is 383 g/mol. The topological polar surface area (TPSA) is 27.7 Å². The highest BCUT2D eigenvalue weighted by Gasteiger charge is 2.08. The van der Waals surface area contributed by atoms with Crippen molar-refractivity contribution < 1.29 is 14.2 Å². The first kappa shape index (κ1) is 22.0. The zero-order valence-electron chi connectivity index (χ0n) is 17.8. The predicted octanol–water partition coefficient (Wildman–Crippen LogP) is 6.91. The molecule has 0 radical (unpaired) electrons. The van der Waals surface area contributed by atoms with E-state index in [9.17, 15) is 0 Å². The second-order valence-electron chi connectivity index (χ2n) is 7.56. The minimum absolute atomic E-state index is 0.530. The molecule has 0 bridgehead atoms. The first-order valence-electron chi connectivity index (χ1n) is 10.1. The van der Waals surface area contributed by atoms with E-state index in [4.69, 9.17) is 14.2 Å². The summed E-state index contributed by atoms with van der Waals surface area (Å²) in [5.41, 5.74) is 5.34. The minimum atomic E-state index is 0.530. The predicted molar refractivity (Wildman–Crippen MR) is 117 cm³/mol. The van der Waals surface area contributed by atoms with E-state index in [-0.39, 0.29) is 0 Å². The molecule has 0 N–H and O–H groups in total. The van der Waals surface area contributed by atoms with E-state index in [1.165, 1.54) is 16.7 Å². The molecule has 3 heteroatoms. The van der Waals surface area contributed by atoms with Crippen molar-refractivity contribution in [2.45, 2.75) is 60.0 Å². The van der Waals surface area contributed by atoms with Gasteiger partial charge in [0.1, 0.15) is 6.61 Å². The Bertz CT molecular complexity index is 734. The van der Waals surface area contributed by atoms with Gasteiger partial charge in [-0.1, -0.05) is 41.0 Å². The van der Waals surface area contributed by atoms with Crippen LogP contribution < -0.4 is 9.47 Å². The molecule has 2 rings (SSSR count). The second-order valence-corrected chi connectivity index (χ2v) is 7.56. The van der Waals surface area contributed by atoms with Crippen molar-refractivity contribution in [3.05, 3.63) is 71.0 Å². The van der Waals surface area contributed by atoms with Crippen molar-refractivity contribution >= 4 is 0 Å². The van der Waals surface area contributed by atoms with Gasteiger partial charge >= 0.3 is 0 Å². The number of fused-ring (bicyclic) bond motifs is 1. The summed E-state index contributed by atoms with van der Waals surface area (Å²) in [4.78, 5) is 0. The molecule has 3 nitrogen and oxygen atoms in total. The third-order valence-electron chi connectivity index (χ3n) is 4.58. The Morgan fingerprint density at radius 2 is 1.71 bits per heavy atom. The number of ether oxygens (including phenoxy) is 3. The van der Waals surface area contributed by atoms with Crippen LogP contribution in [0.1, 0.15) is 58.9 Å². The van der Waals surface area contributed by atoms with Gasteiger partial charge in [-0.25, -0.2) is 0 Å². The van der Waals surface area contributed by atoms with Crippen LogP contribution in [0.15, 0.2) is 65.5 Å². The summed E-state index contributed by atoms with van der Waals surface area (Å²) in [6.45, 7) is 10.4. The highest BCUT2D eigenvalue weighted by atomic mass is 16.5. The molecule has 0 saturated heterocycles. The number of rotatable bonds is 10. The van der Waals surface area contributed by atoms with Gasteiger partial charge in [-0.2, -0.15) is 0 Å². The molecule has 0 amide bonds. The summed E-state index contributed by atoms with van der Waals surface area (Å²) < 4.78 is 16.9. The van der Waals surface area contributed by atoms with Crippen molar-refractivity contribution in [3.8, 4) is 11.5 Å². The molecule has 28 heavy (non-hydrogen) atoms. The Labute approximate surface area is 170 Å². The van der Waals surface area contributed by atoms with Gasteiger partial charge in [-0.05, 0) is 77.2 Å². The fourth-order valence-electron chi connectivity index (χ4n) is 2.87. The fourth-order valence-corrected chi connectivity index (χ4v) is 2.87. The second kappa shape index (κ2) is 12.2. The Morgan fingerprint density at radius 3 is 2.50 bits per heavy atom. The standard InChI is InChI=1S/C25H34O3/c1-20(2)8-5-9-21(3)10-6-11-22(4)14-17-26-19-23-12-13-24-25(18-23)28-16-7-15-27-24/h7-8,10,12-15,18H,5-6,9,11,16-17,19H2,1-4H3. The van der Waals surface area contributed by atoms with Crippen molar-refractivity contribution in [2.24, 2.45) is 0 Å². The fraction of sp³-hybridized carbons (Fsp3) is 0.440. The van der Waals surface area contributed by atoms with Gasteiger partial charge in [0.2, 0.25) is 0 Å². The Balaban J connectivity index is 1.67. The van der Waals surface area contributed by atoms with Gasteiger partial charge in [-0.15, -0.1) is 0 Å². The molecule has 0 atom stereocenters. The first-order chi connectivity index (χ1) is 13.5. The van der Waals surface area contributed by atoms with E-state index >= 15 is 0 Å². The van der Waals surface area contributed by atoms with Gasteiger partial charge in [-0.3, -0.25) is 0 Å². The zero-order valence-corrected chi connectivity index (χ0v) is 17.8. The number of hydrogen-bond donors (Lipinski definition) is 0. The van der Waals surface area contributed by atoms with Crippen LogP contribution in [-0.4, -0.2) is 13.2 Å². The lowest BCUT2D eigenvalue weighted by Crippen LogP contribution is -1.97. The zero-order chi connectivity index (χ0) is 20.2. The largest absolute Gasteiger partial charge is 0.485 e. The molecule has 0 fully saturated rings. The Morgan fingerprint density at radius 1 is 0.964 bits per heavy atom. The summed E-state index contributed by atoms with van der Waals surface area (Å²) in [5.74, 6) is 1.52. The maximum absolute atomic E-state index is 5.81. The van der Waals surface area contributed by atoms with Crippen molar-refractivity contribution in [2.75, 3.05) is 13.2 Å². The molecular formula is C25H34O3. The number of benzene rings is 1. The molecule has 0 aliphatic carbocycles. The number of allylic oxidation sites excluding steroid dienone is 5. The summed E-state index contributed by atoms with van der Waals surface area (Å²) in [6.07, 6.45) is 14.8. The number of hydrogen-bond acceptors (Lipinski definition) is 3. The maximum atomic E-state index is 5.81. The maximum Gasteiger partial charge on any atom is 0.168 e. The molecule has 1 aliphatic rings. The molecule has 1 aromatic rings. The average Bonchev–Trinajstić information content (AvgIpc) is 2.90. The van der Waals surface area contributed by atoms with Crippen LogP contribution in [0.25, 0.3) is 0 Å². The molecule has 1 heterocycles. The highest BCUT2D eigenvalue weighted by Crippen LogP contribution is 2.30. The van der Waals surface area contributed by atoms with E-state index in [0.29, 0.717) is 19.8 Å². The van der Waals surface area contributed by atoms with E-state index < -0.39 is 0 Å². The van der Waals surface area contributed by atoms with Crippen LogP contribution in [0, 0.1) is 0 Å². The lowest BCUT2D eigenvalue weighted by atomic mass is 10.1. The Hall–Kier alpha value is -2.26. The summed E-state index contributed by atoms with van der Waals surface area (Å²) >= 11 is 0. The lowest BCUT2D eigenvalue weighted by Gasteiger charge is -2.09. The molecular weight excluding hydrogens is 348 g/mol. The highest BCUT2D eigenvalue weighted by molar-refractivity contribution is 5.43. The van der Waals surface area contributed by atoms with Crippen molar-refractivity contribution in [3.63, 3.8) is 0 Å². The minimum Gasteiger partial charge on any atom is -0.485 e.